The molecule has 0 saturated heterocycles. The zero-order chi connectivity index (χ0) is 16.1. The second-order valence-corrected chi connectivity index (χ2v) is 4.97. The normalized spacial score (nSPS) is 15.7. The van der Waals surface area contributed by atoms with E-state index in [0.717, 1.165) is 0 Å². The van der Waals surface area contributed by atoms with Crippen molar-refractivity contribution in [2.45, 2.75) is 12.6 Å². The molecule has 1 aliphatic heterocycles. The summed E-state index contributed by atoms with van der Waals surface area (Å²) in [4.78, 5) is 23.4. The average molecular weight is 316 g/mol. The molecule has 2 N–H and O–H groups in total. The van der Waals surface area contributed by atoms with Crippen LogP contribution >= 0.6 is 0 Å². The molecule has 120 valence electrons. The van der Waals surface area contributed by atoms with Gasteiger partial charge in [0, 0.05) is 0 Å². The highest BCUT2D eigenvalue weighted by Gasteiger charge is 2.22. The standard InChI is InChI=1S/C16H16N2O5/c19-15(17-8-11-4-3-7-21-11)16(20)18-9-12-10-22-13-5-1-2-6-14(13)23-12/h1-7,12H,8-10H2,(H,17,19)(H,18,20)/t12-/m1/s1. The molecule has 0 spiro atoms. The van der Waals surface area contributed by atoms with Crippen molar-refractivity contribution in [3.63, 3.8) is 0 Å². The minimum Gasteiger partial charge on any atom is -0.486 e. The molecule has 7 heteroatoms. The molecule has 1 aromatic carbocycles. The quantitative estimate of drug-likeness (QED) is 0.816. The molecule has 23 heavy (non-hydrogen) atoms. The highest BCUT2D eigenvalue weighted by atomic mass is 16.6. The summed E-state index contributed by atoms with van der Waals surface area (Å²) in [5, 5.41) is 5.00. The van der Waals surface area contributed by atoms with Crippen molar-refractivity contribution in [1.29, 1.82) is 0 Å². The molecule has 7 nitrogen and oxygen atoms in total. The van der Waals surface area contributed by atoms with Gasteiger partial charge in [0.2, 0.25) is 0 Å². The highest BCUT2D eigenvalue weighted by Crippen LogP contribution is 2.30. The van der Waals surface area contributed by atoms with Crippen LogP contribution in [0.5, 0.6) is 11.5 Å². The van der Waals surface area contributed by atoms with E-state index in [9.17, 15) is 9.59 Å². The zero-order valence-electron chi connectivity index (χ0n) is 12.3. The first kappa shape index (κ1) is 15.0. The smallest absolute Gasteiger partial charge is 0.309 e. The predicted molar refractivity (Wildman–Crippen MR) is 79.9 cm³/mol. The first-order chi connectivity index (χ1) is 11.2. The molecule has 3 rings (SSSR count). The number of hydrogen-bond acceptors (Lipinski definition) is 5. The fraction of sp³-hybridized carbons (Fsp3) is 0.250. The molecular weight excluding hydrogens is 300 g/mol. The minimum absolute atomic E-state index is 0.162. The Bertz CT molecular complexity index is 684. The molecule has 1 atom stereocenters. The lowest BCUT2D eigenvalue weighted by Crippen LogP contribution is -2.45. The van der Waals surface area contributed by atoms with Crippen LogP contribution in [0.2, 0.25) is 0 Å². The second-order valence-electron chi connectivity index (χ2n) is 4.97. The molecule has 2 heterocycles. The van der Waals surface area contributed by atoms with E-state index in [4.69, 9.17) is 13.9 Å². The Kier molecular flexibility index (Phi) is 4.46. The SMILES string of the molecule is O=C(NCc1ccco1)C(=O)NC[C@@H]1COc2ccccc2O1. The topological polar surface area (TPSA) is 89.8 Å². The number of amides is 2. The van der Waals surface area contributed by atoms with Crippen LogP contribution in [-0.2, 0) is 16.1 Å². The first-order valence-electron chi connectivity index (χ1n) is 7.19. The van der Waals surface area contributed by atoms with Crippen LogP contribution in [0.4, 0.5) is 0 Å². The van der Waals surface area contributed by atoms with E-state index < -0.39 is 11.8 Å². The van der Waals surface area contributed by atoms with Gasteiger partial charge < -0.3 is 24.5 Å². The van der Waals surface area contributed by atoms with Crippen molar-refractivity contribution in [3.05, 3.63) is 48.4 Å². The van der Waals surface area contributed by atoms with Crippen LogP contribution in [0, 0.1) is 0 Å². The summed E-state index contributed by atoms with van der Waals surface area (Å²) in [5.41, 5.74) is 0. The van der Waals surface area contributed by atoms with Gasteiger partial charge in [-0.15, -0.1) is 0 Å². The van der Waals surface area contributed by atoms with Gasteiger partial charge in [-0.1, -0.05) is 12.1 Å². The fourth-order valence-corrected chi connectivity index (χ4v) is 2.11. The van der Waals surface area contributed by atoms with Gasteiger partial charge in [-0.25, -0.2) is 0 Å². The largest absolute Gasteiger partial charge is 0.486 e. The van der Waals surface area contributed by atoms with Crippen molar-refractivity contribution in [3.8, 4) is 11.5 Å². The Morgan fingerprint density at radius 2 is 1.83 bits per heavy atom. The number of fused-ring (bicyclic) bond motifs is 1. The van der Waals surface area contributed by atoms with Crippen molar-refractivity contribution < 1.29 is 23.5 Å². The molecule has 0 unspecified atom stereocenters. The van der Waals surface area contributed by atoms with E-state index in [0.29, 0.717) is 23.9 Å². The van der Waals surface area contributed by atoms with Crippen molar-refractivity contribution >= 4 is 11.8 Å². The maximum atomic E-state index is 11.7. The number of nitrogens with one attached hydrogen (secondary N) is 2. The van der Waals surface area contributed by atoms with E-state index >= 15 is 0 Å². The van der Waals surface area contributed by atoms with E-state index in [1.54, 1.807) is 18.2 Å². The molecule has 0 fully saturated rings. The zero-order valence-corrected chi connectivity index (χ0v) is 12.3. The number of carbonyl (C=O) groups is 2. The molecule has 2 aromatic rings. The third-order valence-electron chi connectivity index (χ3n) is 3.27. The number of benzene rings is 1. The van der Waals surface area contributed by atoms with Gasteiger partial charge in [-0.2, -0.15) is 0 Å². The van der Waals surface area contributed by atoms with Crippen LogP contribution in [0.3, 0.4) is 0 Å². The lowest BCUT2D eigenvalue weighted by Gasteiger charge is -2.26. The Morgan fingerprint density at radius 3 is 2.61 bits per heavy atom. The molecule has 1 aliphatic rings. The molecule has 0 radical (unpaired) electrons. The Labute approximate surface area is 132 Å². The van der Waals surface area contributed by atoms with E-state index in [-0.39, 0.29) is 19.2 Å². The third-order valence-corrected chi connectivity index (χ3v) is 3.27. The summed E-state index contributed by atoms with van der Waals surface area (Å²) in [7, 11) is 0. The van der Waals surface area contributed by atoms with Crippen molar-refractivity contribution in [2.75, 3.05) is 13.2 Å². The Balaban J connectivity index is 1.43. The molecule has 2 amide bonds. The summed E-state index contributed by atoms with van der Waals surface area (Å²) >= 11 is 0. The van der Waals surface area contributed by atoms with Gasteiger partial charge >= 0.3 is 11.8 Å². The monoisotopic (exact) mass is 316 g/mol. The molecular formula is C16H16N2O5. The van der Waals surface area contributed by atoms with Crippen LogP contribution in [-0.4, -0.2) is 31.1 Å². The van der Waals surface area contributed by atoms with Crippen LogP contribution < -0.4 is 20.1 Å². The van der Waals surface area contributed by atoms with E-state index in [1.807, 2.05) is 18.2 Å². The predicted octanol–water partition coefficient (Wildman–Crippen LogP) is 0.852. The number of para-hydroxylation sites is 2. The van der Waals surface area contributed by atoms with Crippen LogP contribution in [0.25, 0.3) is 0 Å². The van der Waals surface area contributed by atoms with Crippen LogP contribution in [0.1, 0.15) is 5.76 Å². The lowest BCUT2D eigenvalue weighted by atomic mass is 10.2. The molecule has 0 saturated carbocycles. The number of hydrogen-bond donors (Lipinski definition) is 2. The second kappa shape index (κ2) is 6.87. The number of ether oxygens (including phenoxy) is 2. The Hall–Kier alpha value is -2.96. The lowest BCUT2D eigenvalue weighted by molar-refractivity contribution is -0.139. The van der Waals surface area contributed by atoms with Gasteiger partial charge in [0.05, 0.1) is 19.4 Å². The summed E-state index contributed by atoms with van der Waals surface area (Å²) in [6.45, 7) is 0.655. The van der Waals surface area contributed by atoms with Gasteiger partial charge in [0.25, 0.3) is 0 Å². The molecule has 1 aromatic heterocycles. The maximum absolute atomic E-state index is 11.7. The maximum Gasteiger partial charge on any atom is 0.309 e. The van der Waals surface area contributed by atoms with Crippen LogP contribution in [0.15, 0.2) is 47.1 Å². The summed E-state index contributed by atoms with van der Waals surface area (Å²) in [5.74, 6) is 0.427. The van der Waals surface area contributed by atoms with Gasteiger partial charge in [0.15, 0.2) is 11.5 Å². The summed E-state index contributed by atoms with van der Waals surface area (Å²) < 4.78 is 16.3. The van der Waals surface area contributed by atoms with Crippen molar-refractivity contribution in [2.24, 2.45) is 0 Å². The van der Waals surface area contributed by atoms with E-state index in [2.05, 4.69) is 10.6 Å². The van der Waals surface area contributed by atoms with E-state index in [1.165, 1.54) is 6.26 Å². The summed E-state index contributed by atoms with van der Waals surface area (Å²) in [6, 6.07) is 10.7. The number of rotatable bonds is 4. The van der Waals surface area contributed by atoms with Gasteiger partial charge in [-0.05, 0) is 24.3 Å². The summed E-state index contributed by atoms with van der Waals surface area (Å²) in [6.07, 6.45) is 1.16. The third kappa shape index (κ3) is 3.82. The Morgan fingerprint density at radius 1 is 1.04 bits per heavy atom. The number of furan rings is 1. The molecule has 0 bridgehead atoms. The average Bonchev–Trinajstić information content (AvgIpc) is 3.10. The highest BCUT2D eigenvalue weighted by molar-refractivity contribution is 6.35. The van der Waals surface area contributed by atoms with Gasteiger partial charge in [0.1, 0.15) is 18.5 Å². The minimum atomic E-state index is -0.724. The number of carbonyl (C=O) groups excluding carboxylic acids is 2. The van der Waals surface area contributed by atoms with Crippen molar-refractivity contribution in [1.82, 2.24) is 10.6 Å². The molecule has 0 aliphatic carbocycles. The fourth-order valence-electron chi connectivity index (χ4n) is 2.11. The van der Waals surface area contributed by atoms with Gasteiger partial charge in [-0.3, -0.25) is 9.59 Å². The first-order valence-corrected chi connectivity index (χ1v) is 7.19.